The lowest BCUT2D eigenvalue weighted by Gasteiger charge is -2.10. The molecule has 1 amide bonds. The van der Waals surface area contributed by atoms with Gasteiger partial charge < -0.3 is 24.3 Å². The van der Waals surface area contributed by atoms with E-state index in [2.05, 4.69) is 5.32 Å². The highest BCUT2D eigenvalue weighted by molar-refractivity contribution is 6.10. The summed E-state index contributed by atoms with van der Waals surface area (Å²) >= 11 is 0. The number of carbonyl (C=O) groups excluding carboxylic acids is 2. The molecular formula is C24H26N2O6. The second-order valence-electron chi connectivity index (χ2n) is 6.38. The van der Waals surface area contributed by atoms with Crippen LogP contribution in [0.1, 0.15) is 29.8 Å². The lowest BCUT2D eigenvalue weighted by atomic mass is 10.1. The third-order valence-electron chi connectivity index (χ3n) is 4.18. The molecule has 0 aliphatic rings. The van der Waals surface area contributed by atoms with Crippen molar-refractivity contribution in [2.45, 2.75) is 13.8 Å². The van der Waals surface area contributed by atoms with Gasteiger partial charge in [0.2, 0.25) is 0 Å². The zero-order valence-electron chi connectivity index (χ0n) is 18.3. The summed E-state index contributed by atoms with van der Waals surface area (Å²) in [6.45, 7) is 5.18. The average Bonchev–Trinajstić information content (AvgIpc) is 2.81. The third kappa shape index (κ3) is 7.15. The van der Waals surface area contributed by atoms with Gasteiger partial charge in [-0.25, -0.2) is 4.79 Å². The van der Waals surface area contributed by atoms with E-state index in [0.717, 1.165) is 0 Å². The SMILES string of the molecule is CCOCCOC(=O)c1cccc(NC(=O)/C(C#N)=C/c2ccc(OCC)c(OC)c2)c1. The molecule has 0 spiro atoms. The first kappa shape index (κ1) is 24.4. The summed E-state index contributed by atoms with van der Waals surface area (Å²) in [5.41, 5.74) is 1.13. The number of nitrogens with one attached hydrogen (secondary N) is 1. The van der Waals surface area contributed by atoms with E-state index in [1.165, 1.54) is 19.3 Å². The molecule has 0 saturated heterocycles. The predicted molar refractivity (Wildman–Crippen MR) is 120 cm³/mol. The zero-order chi connectivity index (χ0) is 23.3. The first-order valence-electron chi connectivity index (χ1n) is 10.1. The Morgan fingerprint density at radius 2 is 1.88 bits per heavy atom. The van der Waals surface area contributed by atoms with Crippen LogP contribution in [0.15, 0.2) is 48.0 Å². The van der Waals surface area contributed by atoms with Crippen LogP contribution in [0, 0.1) is 11.3 Å². The lowest BCUT2D eigenvalue weighted by molar-refractivity contribution is -0.112. The molecule has 0 atom stereocenters. The number of anilines is 1. The van der Waals surface area contributed by atoms with Gasteiger partial charge in [0.25, 0.3) is 5.91 Å². The van der Waals surface area contributed by atoms with E-state index in [4.69, 9.17) is 18.9 Å². The first-order chi connectivity index (χ1) is 15.5. The smallest absolute Gasteiger partial charge is 0.338 e. The van der Waals surface area contributed by atoms with Crippen LogP contribution < -0.4 is 14.8 Å². The van der Waals surface area contributed by atoms with Crippen LogP contribution >= 0.6 is 0 Å². The molecule has 8 nitrogen and oxygen atoms in total. The molecule has 0 unspecified atom stereocenters. The molecule has 32 heavy (non-hydrogen) atoms. The number of rotatable bonds is 11. The Kier molecular flexibility index (Phi) is 9.75. The van der Waals surface area contributed by atoms with Gasteiger partial charge in [-0.2, -0.15) is 5.26 Å². The van der Waals surface area contributed by atoms with Gasteiger partial charge in [-0.15, -0.1) is 0 Å². The van der Waals surface area contributed by atoms with Gasteiger partial charge in [0.15, 0.2) is 11.5 Å². The number of nitriles is 1. The van der Waals surface area contributed by atoms with Gasteiger partial charge in [0, 0.05) is 12.3 Å². The van der Waals surface area contributed by atoms with Crippen molar-refractivity contribution in [2.75, 3.05) is 38.9 Å². The molecular weight excluding hydrogens is 412 g/mol. The van der Waals surface area contributed by atoms with Gasteiger partial charge in [-0.1, -0.05) is 12.1 Å². The summed E-state index contributed by atoms with van der Waals surface area (Å²) < 4.78 is 21.0. The zero-order valence-corrected chi connectivity index (χ0v) is 18.3. The Morgan fingerprint density at radius 3 is 2.56 bits per heavy atom. The fraction of sp³-hybridized carbons (Fsp3) is 0.292. The molecule has 2 aromatic carbocycles. The highest BCUT2D eigenvalue weighted by atomic mass is 16.6. The standard InChI is InChI=1S/C24H26N2O6/c1-4-30-11-12-32-24(28)18-7-6-8-20(15-18)26-23(27)19(16-25)13-17-9-10-21(31-5-2)22(14-17)29-3/h6-10,13-15H,4-5,11-12H2,1-3H3,(H,26,27)/b19-13+. The topological polar surface area (TPSA) is 107 Å². The minimum absolute atomic E-state index is 0.110. The van der Waals surface area contributed by atoms with Gasteiger partial charge in [-0.3, -0.25) is 4.79 Å². The summed E-state index contributed by atoms with van der Waals surface area (Å²) in [4.78, 5) is 24.7. The fourth-order valence-electron chi connectivity index (χ4n) is 2.71. The van der Waals surface area contributed by atoms with Crippen LogP contribution in [0.3, 0.4) is 0 Å². The number of esters is 1. The van der Waals surface area contributed by atoms with Gasteiger partial charge in [-0.05, 0) is 55.8 Å². The number of methoxy groups -OCH3 is 1. The Morgan fingerprint density at radius 1 is 1.06 bits per heavy atom. The minimum atomic E-state index is -0.609. The summed E-state index contributed by atoms with van der Waals surface area (Å²) in [6.07, 6.45) is 1.44. The highest BCUT2D eigenvalue weighted by Gasteiger charge is 2.13. The van der Waals surface area contributed by atoms with E-state index in [0.29, 0.717) is 42.6 Å². The largest absolute Gasteiger partial charge is 0.493 e. The van der Waals surface area contributed by atoms with E-state index in [1.807, 2.05) is 19.9 Å². The Bertz CT molecular complexity index is 1010. The second-order valence-corrected chi connectivity index (χ2v) is 6.38. The molecule has 0 fully saturated rings. The number of nitrogens with zero attached hydrogens (tertiary/aromatic N) is 1. The highest BCUT2D eigenvalue weighted by Crippen LogP contribution is 2.29. The van der Waals surface area contributed by atoms with Crippen LogP contribution in [-0.4, -0.2) is 45.4 Å². The van der Waals surface area contributed by atoms with E-state index in [1.54, 1.807) is 36.4 Å². The number of hydrogen-bond donors (Lipinski definition) is 1. The molecule has 0 saturated carbocycles. The van der Waals surface area contributed by atoms with Crippen LogP contribution in [0.4, 0.5) is 5.69 Å². The van der Waals surface area contributed by atoms with Crippen LogP contribution in [-0.2, 0) is 14.3 Å². The molecule has 0 radical (unpaired) electrons. The van der Waals surface area contributed by atoms with Crippen molar-refractivity contribution in [1.29, 1.82) is 5.26 Å². The molecule has 0 heterocycles. The van der Waals surface area contributed by atoms with Crippen molar-refractivity contribution in [3.05, 3.63) is 59.2 Å². The molecule has 8 heteroatoms. The quantitative estimate of drug-likeness (QED) is 0.246. The third-order valence-corrected chi connectivity index (χ3v) is 4.18. The maximum atomic E-state index is 12.6. The van der Waals surface area contributed by atoms with Crippen molar-refractivity contribution < 1.29 is 28.5 Å². The fourth-order valence-corrected chi connectivity index (χ4v) is 2.71. The van der Waals surface area contributed by atoms with Crippen molar-refractivity contribution in [1.82, 2.24) is 0 Å². The summed E-state index contributed by atoms with van der Waals surface area (Å²) in [5.74, 6) is -0.0746. The first-order valence-corrected chi connectivity index (χ1v) is 10.1. The minimum Gasteiger partial charge on any atom is -0.493 e. The molecule has 0 bridgehead atoms. The van der Waals surface area contributed by atoms with Crippen molar-refractivity contribution in [2.24, 2.45) is 0 Å². The normalized spacial score (nSPS) is 10.8. The number of amides is 1. The number of hydrogen-bond acceptors (Lipinski definition) is 7. The average molecular weight is 438 g/mol. The van der Waals surface area contributed by atoms with E-state index in [9.17, 15) is 14.9 Å². The molecule has 0 aromatic heterocycles. The van der Waals surface area contributed by atoms with E-state index < -0.39 is 11.9 Å². The van der Waals surface area contributed by atoms with E-state index in [-0.39, 0.29) is 17.7 Å². The molecule has 0 aliphatic carbocycles. The van der Waals surface area contributed by atoms with Crippen LogP contribution in [0.5, 0.6) is 11.5 Å². The predicted octanol–water partition coefficient (Wildman–Crippen LogP) is 3.83. The molecule has 1 N–H and O–H groups in total. The summed E-state index contributed by atoms with van der Waals surface area (Å²) in [7, 11) is 1.51. The maximum absolute atomic E-state index is 12.6. The van der Waals surface area contributed by atoms with Crippen LogP contribution in [0.25, 0.3) is 6.08 Å². The van der Waals surface area contributed by atoms with Gasteiger partial charge >= 0.3 is 5.97 Å². The lowest BCUT2D eigenvalue weighted by Crippen LogP contribution is -2.15. The maximum Gasteiger partial charge on any atom is 0.338 e. The summed E-state index contributed by atoms with van der Waals surface area (Å²) in [5, 5.41) is 12.1. The monoisotopic (exact) mass is 438 g/mol. The molecule has 0 aliphatic heterocycles. The van der Waals surface area contributed by atoms with Crippen LogP contribution in [0.2, 0.25) is 0 Å². The molecule has 168 valence electrons. The number of ether oxygens (including phenoxy) is 4. The van der Waals surface area contributed by atoms with Crippen molar-refractivity contribution in [3.63, 3.8) is 0 Å². The number of carbonyl (C=O) groups is 2. The Labute approximate surface area is 187 Å². The number of benzene rings is 2. The second kappa shape index (κ2) is 12.8. The Hall–Kier alpha value is -3.83. The Balaban J connectivity index is 2.12. The molecule has 2 aromatic rings. The van der Waals surface area contributed by atoms with Gasteiger partial charge in [0.05, 0.1) is 25.9 Å². The van der Waals surface area contributed by atoms with Gasteiger partial charge in [0.1, 0.15) is 18.2 Å². The van der Waals surface area contributed by atoms with E-state index >= 15 is 0 Å². The van der Waals surface area contributed by atoms with Crippen molar-refractivity contribution >= 4 is 23.6 Å². The van der Waals surface area contributed by atoms with Crippen molar-refractivity contribution in [3.8, 4) is 17.6 Å². The summed E-state index contributed by atoms with van der Waals surface area (Å²) in [6, 6.07) is 13.3. The molecule has 2 rings (SSSR count).